The number of guanidine groups is 1. The number of nitrogens with zero attached hydrogens (tertiary/aromatic N) is 1. The highest BCUT2D eigenvalue weighted by molar-refractivity contribution is 5.72. The molecule has 0 saturated heterocycles. The molecule has 0 heterocycles. The van der Waals surface area contributed by atoms with E-state index in [1.807, 2.05) is 0 Å². The van der Waals surface area contributed by atoms with Gasteiger partial charge in [0, 0.05) is 0 Å². The Morgan fingerprint density at radius 2 is 2.00 bits per heavy atom. The molecule has 5 N–H and O–H groups in total. The Morgan fingerprint density at radius 1 is 1.83 bits per heavy atom. The van der Waals surface area contributed by atoms with Gasteiger partial charge in [-0.3, -0.25) is 5.41 Å². The zero-order valence-electron chi connectivity index (χ0n) is 2.98. The molecule has 5 heteroatoms. The van der Waals surface area contributed by atoms with E-state index in [1.165, 1.54) is 0 Å². The molecule has 0 unspecified atom stereocenters. The molecule has 0 saturated carbocycles. The summed E-state index contributed by atoms with van der Waals surface area (Å²) in [4.78, 5) is 0. The molecule has 0 aliphatic carbocycles. The third-order valence-electron chi connectivity index (χ3n) is 0.230. The van der Waals surface area contributed by atoms with E-state index in [1.54, 1.807) is 0 Å². The van der Waals surface area contributed by atoms with Crippen LogP contribution in [0, 0.1) is 5.41 Å². The fourth-order valence-corrected chi connectivity index (χ4v) is 0. The van der Waals surface area contributed by atoms with Gasteiger partial charge in [0.2, 0.25) is 5.96 Å². The van der Waals surface area contributed by atoms with E-state index in [0.29, 0.717) is 0 Å². The largest absolute Gasteiger partial charge is 0.367 e. The maximum atomic E-state index is 11.1. The zero-order valence-corrected chi connectivity index (χ0v) is 2.98. The highest BCUT2D eigenvalue weighted by Gasteiger charge is 1.89. The maximum absolute atomic E-state index is 11.1. The van der Waals surface area contributed by atoms with Gasteiger partial charge in [-0.2, -0.15) is 0 Å². The van der Waals surface area contributed by atoms with Crippen molar-refractivity contribution in [3.05, 3.63) is 0 Å². The van der Waals surface area contributed by atoms with Gasteiger partial charge >= 0.3 is 0 Å². The Morgan fingerprint density at radius 3 is 2.00 bits per heavy atom. The number of hydrazine groups is 1. The second-order valence-electron chi connectivity index (χ2n) is 0.696. The Bertz CT molecular complexity index is 58.6. The van der Waals surface area contributed by atoms with E-state index >= 15 is 0 Å². The van der Waals surface area contributed by atoms with Crippen LogP contribution < -0.4 is 11.6 Å². The lowest BCUT2D eigenvalue weighted by molar-refractivity contribution is 0.119. The van der Waals surface area contributed by atoms with Gasteiger partial charge in [-0.05, 0) is 0 Å². The summed E-state index contributed by atoms with van der Waals surface area (Å²) in [6.45, 7) is 0. The van der Waals surface area contributed by atoms with E-state index in [9.17, 15) is 4.48 Å². The predicted molar refractivity (Wildman–Crippen MR) is 19.0 cm³/mol. The summed E-state index contributed by atoms with van der Waals surface area (Å²) in [5.74, 6) is 3.46. The molecule has 0 aromatic carbocycles. The number of nitrogens with one attached hydrogen (secondary N) is 1. The van der Waals surface area contributed by atoms with E-state index in [2.05, 4.69) is 11.6 Å². The number of halogens is 1. The van der Waals surface area contributed by atoms with Gasteiger partial charge in [-0.15, -0.1) is 5.23 Å². The molecule has 4 nitrogen and oxygen atoms in total. The van der Waals surface area contributed by atoms with Crippen molar-refractivity contribution >= 4 is 5.96 Å². The SMILES string of the molecule is N=C(N)N(N)F. The minimum atomic E-state index is -0.796. The van der Waals surface area contributed by atoms with Gasteiger partial charge in [-0.25, -0.2) is 5.84 Å². The van der Waals surface area contributed by atoms with Gasteiger partial charge in [0.25, 0.3) is 0 Å². The van der Waals surface area contributed by atoms with Crippen molar-refractivity contribution in [2.45, 2.75) is 0 Å². The summed E-state index contributed by atoms with van der Waals surface area (Å²) < 4.78 is 11.1. The van der Waals surface area contributed by atoms with Crippen molar-refractivity contribution in [3.63, 3.8) is 0 Å². The topological polar surface area (TPSA) is 79.1 Å². The Kier molecular flexibility index (Phi) is 1.34. The lowest BCUT2D eigenvalue weighted by Gasteiger charge is -1.97. The average molecular weight is 92.1 g/mol. The summed E-state index contributed by atoms with van der Waals surface area (Å²) in [6.07, 6.45) is 0. The van der Waals surface area contributed by atoms with E-state index in [0.717, 1.165) is 0 Å². The minimum Gasteiger partial charge on any atom is -0.367 e. The summed E-state index contributed by atoms with van der Waals surface area (Å²) in [6, 6.07) is 0. The molecule has 36 valence electrons. The standard InChI is InChI=1S/CH5FN4/c2-6(5)1(3)4/h5H2,(H3,3,4). The van der Waals surface area contributed by atoms with Crippen molar-refractivity contribution < 1.29 is 4.48 Å². The highest BCUT2D eigenvalue weighted by atomic mass is 19.2. The first-order valence-corrected chi connectivity index (χ1v) is 1.19. The molecule has 0 aliphatic rings. The minimum absolute atomic E-state index is 0.472. The molecule has 0 atom stereocenters. The van der Waals surface area contributed by atoms with Gasteiger partial charge < -0.3 is 5.73 Å². The van der Waals surface area contributed by atoms with Crippen molar-refractivity contribution in [2.75, 3.05) is 0 Å². The van der Waals surface area contributed by atoms with Crippen LogP contribution in [-0.2, 0) is 0 Å². The number of nitrogens with two attached hydrogens (primary N) is 2. The van der Waals surface area contributed by atoms with Crippen molar-refractivity contribution in [2.24, 2.45) is 11.6 Å². The first-order chi connectivity index (χ1) is 2.64. The predicted octanol–water partition coefficient (Wildman–Crippen LogP) is -1.06. The molecular weight excluding hydrogens is 87.0 g/mol. The van der Waals surface area contributed by atoms with Crippen LogP contribution in [0.25, 0.3) is 0 Å². The van der Waals surface area contributed by atoms with E-state index in [4.69, 9.17) is 5.41 Å². The average Bonchev–Trinajstić information content (AvgIpc) is 1.36. The van der Waals surface area contributed by atoms with E-state index < -0.39 is 11.2 Å². The van der Waals surface area contributed by atoms with Crippen LogP contribution in [0.1, 0.15) is 0 Å². The van der Waals surface area contributed by atoms with Crippen LogP contribution in [0.3, 0.4) is 0 Å². The lowest BCUT2D eigenvalue weighted by atomic mass is 11.1. The molecule has 0 aliphatic heterocycles. The summed E-state index contributed by atoms with van der Waals surface area (Å²) in [5.41, 5.74) is 4.44. The maximum Gasteiger partial charge on any atom is 0.233 e. The van der Waals surface area contributed by atoms with Crippen LogP contribution in [-0.4, -0.2) is 11.2 Å². The summed E-state index contributed by atoms with van der Waals surface area (Å²) >= 11 is 0. The molecule has 0 aromatic rings. The summed E-state index contributed by atoms with van der Waals surface area (Å²) in [7, 11) is 0. The number of rotatable bonds is 0. The Labute approximate surface area is 33.9 Å². The Hall–Kier alpha value is -0.840. The smallest absolute Gasteiger partial charge is 0.233 e. The molecule has 0 radical (unpaired) electrons. The van der Waals surface area contributed by atoms with Crippen LogP contribution >= 0.6 is 0 Å². The highest BCUT2D eigenvalue weighted by Crippen LogP contribution is 1.66. The molecule has 0 bridgehead atoms. The normalized spacial score (nSPS) is 7.67. The second-order valence-corrected chi connectivity index (χ2v) is 0.696. The van der Waals surface area contributed by atoms with Gasteiger partial charge in [0.05, 0.1) is 0 Å². The number of hydrogen-bond donors (Lipinski definition) is 3. The third kappa shape index (κ3) is 1.48. The molecule has 6 heavy (non-hydrogen) atoms. The second kappa shape index (κ2) is 1.56. The van der Waals surface area contributed by atoms with E-state index in [-0.39, 0.29) is 0 Å². The third-order valence-corrected chi connectivity index (χ3v) is 0.230. The van der Waals surface area contributed by atoms with Crippen LogP contribution in [0.5, 0.6) is 0 Å². The van der Waals surface area contributed by atoms with Crippen molar-refractivity contribution in [1.29, 1.82) is 5.41 Å². The van der Waals surface area contributed by atoms with Crippen LogP contribution in [0.2, 0.25) is 0 Å². The van der Waals surface area contributed by atoms with Crippen LogP contribution in [0.15, 0.2) is 0 Å². The monoisotopic (exact) mass is 92.0 g/mol. The van der Waals surface area contributed by atoms with Crippen molar-refractivity contribution in [3.8, 4) is 0 Å². The summed E-state index contributed by atoms with van der Waals surface area (Å²) in [5, 5.41) is 5.68. The quantitative estimate of drug-likeness (QED) is 0.117. The zero-order chi connectivity index (χ0) is 5.15. The van der Waals surface area contributed by atoms with Gasteiger partial charge in [0.15, 0.2) is 0 Å². The first kappa shape index (κ1) is 5.16. The first-order valence-electron chi connectivity index (χ1n) is 1.19. The fraction of sp³-hybridized carbons (Fsp3) is 0. The molecule has 0 spiro atoms. The van der Waals surface area contributed by atoms with Crippen molar-refractivity contribution in [1.82, 2.24) is 5.23 Å². The molecular formula is CH5FN4. The molecule has 0 rings (SSSR count). The molecule has 0 aromatic heterocycles. The van der Waals surface area contributed by atoms with Crippen LogP contribution in [0.4, 0.5) is 4.48 Å². The Balaban J connectivity index is 3.26. The molecule has 0 amide bonds. The van der Waals surface area contributed by atoms with Gasteiger partial charge in [-0.1, -0.05) is 4.48 Å². The lowest BCUT2D eigenvalue weighted by Crippen LogP contribution is -2.34. The fourth-order valence-electron chi connectivity index (χ4n) is 0. The van der Waals surface area contributed by atoms with Gasteiger partial charge in [0.1, 0.15) is 0 Å². The molecule has 0 fully saturated rings. The number of hydrogen-bond acceptors (Lipinski definition) is 2.